The predicted molar refractivity (Wildman–Crippen MR) is 110 cm³/mol. The van der Waals surface area contributed by atoms with Crippen molar-refractivity contribution in [2.75, 3.05) is 22.3 Å². The summed E-state index contributed by atoms with van der Waals surface area (Å²) in [6, 6.07) is 4.18. The van der Waals surface area contributed by atoms with E-state index in [4.69, 9.17) is 4.98 Å². The van der Waals surface area contributed by atoms with Crippen molar-refractivity contribution in [3.63, 3.8) is 0 Å². The minimum atomic E-state index is -0.164. The molecule has 1 N–H and O–H groups in total. The smallest absolute Gasteiger partial charge is 0.249 e. The number of hydrogen-bond donors (Lipinski definition) is 1. The number of anilines is 3. The van der Waals surface area contributed by atoms with E-state index in [0.29, 0.717) is 12.0 Å². The van der Waals surface area contributed by atoms with Gasteiger partial charge >= 0.3 is 0 Å². The Balaban J connectivity index is 1.65. The molecule has 3 heterocycles. The number of hydrazone groups is 1. The summed E-state index contributed by atoms with van der Waals surface area (Å²) in [6.45, 7) is 2.06. The summed E-state index contributed by atoms with van der Waals surface area (Å²) in [4.78, 5) is 26.9. The molecule has 0 aromatic carbocycles. The molecule has 1 atom stereocenters. The van der Waals surface area contributed by atoms with Crippen LogP contribution in [0.3, 0.4) is 0 Å². The maximum Gasteiger partial charge on any atom is 0.249 e. The van der Waals surface area contributed by atoms with Crippen LogP contribution in [0.15, 0.2) is 28.8 Å². The van der Waals surface area contributed by atoms with Crippen molar-refractivity contribution in [1.82, 2.24) is 9.97 Å². The van der Waals surface area contributed by atoms with Crippen molar-refractivity contribution in [1.29, 1.82) is 0 Å². The number of nitrogens with zero attached hydrogens (tertiary/aromatic N) is 5. The Morgan fingerprint density at radius 2 is 2.22 bits per heavy atom. The fourth-order valence-electron chi connectivity index (χ4n) is 3.96. The monoisotopic (exact) mass is 384 g/mol. The first kappa shape index (κ1) is 17.9. The van der Waals surface area contributed by atoms with Crippen LogP contribution in [0, 0.1) is 0 Å². The van der Waals surface area contributed by atoms with Gasteiger partial charge in [-0.05, 0) is 30.7 Å². The number of carbonyl (C=O) groups excluding carboxylic acids is 1. The van der Waals surface area contributed by atoms with E-state index in [9.17, 15) is 4.79 Å². The molecule has 142 valence electrons. The van der Waals surface area contributed by atoms with Crippen LogP contribution in [0.4, 0.5) is 17.5 Å². The minimum Gasteiger partial charge on any atom is -0.340 e. The molecule has 2 aromatic rings. The molecule has 1 amide bonds. The van der Waals surface area contributed by atoms with E-state index in [2.05, 4.69) is 27.3 Å². The third-order valence-corrected chi connectivity index (χ3v) is 6.12. The summed E-state index contributed by atoms with van der Waals surface area (Å²) in [5, 5.41) is 6.25. The average molecular weight is 385 g/mol. The van der Waals surface area contributed by atoms with Crippen LogP contribution in [0.1, 0.15) is 43.9 Å². The Morgan fingerprint density at radius 1 is 1.41 bits per heavy atom. The Kier molecular flexibility index (Phi) is 5.07. The molecule has 8 heteroatoms. The zero-order chi connectivity index (χ0) is 18.8. The lowest BCUT2D eigenvalue weighted by atomic mass is 10.0. The number of hydrogen-bond acceptors (Lipinski definition) is 7. The first-order valence-electron chi connectivity index (χ1n) is 9.44. The van der Waals surface area contributed by atoms with Crippen molar-refractivity contribution in [2.24, 2.45) is 5.10 Å². The number of nitrogens with one attached hydrogen (secondary N) is 1. The van der Waals surface area contributed by atoms with Gasteiger partial charge in [0.2, 0.25) is 11.9 Å². The zero-order valence-corrected chi connectivity index (χ0v) is 16.4. The second kappa shape index (κ2) is 7.64. The van der Waals surface area contributed by atoms with Crippen LogP contribution in [0.5, 0.6) is 0 Å². The number of fused-ring (bicyclic) bond motifs is 1. The van der Waals surface area contributed by atoms with Crippen molar-refractivity contribution >= 4 is 40.9 Å². The van der Waals surface area contributed by atoms with Crippen LogP contribution in [0.25, 0.3) is 0 Å². The van der Waals surface area contributed by atoms with Crippen molar-refractivity contribution in [3.05, 3.63) is 28.6 Å². The third kappa shape index (κ3) is 3.41. The first-order chi connectivity index (χ1) is 13.2. The Labute approximate surface area is 163 Å². The summed E-state index contributed by atoms with van der Waals surface area (Å²) in [5.41, 5.74) is 3.69. The molecular weight excluding hydrogens is 360 g/mol. The van der Waals surface area contributed by atoms with Gasteiger partial charge < -0.3 is 9.80 Å². The SMILES string of the molecule is CCC1C(=O)N(C)c2cnc(N/N=C/c3cccs3)nc2N1C1CCCC1. The van der Waals surface area contributed by atoms with Gasteiger partial charge in [-0.2, -0.15) is 10.1 Å². The summed E-state index contributed by atoms with van der Waals surface area (Å²) in [5.74, 6) is 1.40. The van der Waals surface area contributed by atoms with E-state index in [1.807, 2.05) is 17.5 Å². The van der Waals surface area contributed by atoms with Crippen LogP contribution in [0.2, 0.25) is 0 Å². The van der Waals surface area contributed by atoms with E-state index in [1.165, 1.54) is 12.8 Å². The van der Waals surface area contributed by atoms with Gasteiger partial charge in [0, 0.05) is 18.0 Å². The van der Waals surface area contributed by atoms with Crippen LogP contribution in [-0.2, 0) is 4.79 Å². The van der Waals surface area contributed by atoms with Gasteiger partial charge in [-0.25, -0.2) is 10.4 Å². The van der Waals surface area contributed by atoms with Crippen molar-refractivity contribution in [2.45, 2.75) is 51.1 Å². The van der Waals surface area contributed by atoms with E-state index >= 15 is 0 Å². The second-order valence-electron chi connectivity index (χ2n) is 6.95. The van der Waals surface area contributed by atoms with Gasteiger partial charge in [0.15, 0.2) is 5.82 Å². The zero-order valence-electron chi connectivity index (χ0n) is 15.6. The quantitative estimate of drug-likeness (QED) is 0.631. The molecule has 27 heavy (non-hydrogen) atoms. The van der Waals surface area contributed by atoms with E-state index in [0.717, 1.165) is 35.6 Å². The van der Waals surface area contributed by atoms with Crippen molar-refractivity contribution in [3.8, 4) is 0 Å². The van der Waals surface area contributed by atoms with Gasteiger partial charge in [0.1, 0.15) is 11.7 Å². The topological polar surface area (TPSA) is 73.7 Å². The molecule has 1 saturated carbocycles. The molecule has 0 bridgehead atoms. The molecule has 1 unspecified atom stereocenters. The molecular formula is C19H24N6OS. The number of likely N-dealkylation sites (N-methyl/N-ethyl adjacent to an activating group) is 1. The predicted octanol–water partition coefficient (Wildman–Crippen LogP) is 3.49. The van der Waals surface area contributed by atoms with Gasteiger partial charge in [0.05, 0.1) is 12.4 Å². The highest BCUT2D eigenvalue weighted by Crippen LogP contribution is 2.39. The molecule has 0 radical (unpaired) electrons. The Morgan fingerprint density at radius 3 is 2.93 bits per heavy atom. The molecule has 1 aliphatic carbocycles. The maximum atomic E-state index is 12.9. The standard InChI is InChI=1S/C19H24N6OS/c1-3-15-18(26)24(2)16-12-20-19(23-21-11-14-9-6-10-27-14)22-17(16)25(15)13-7-4-5-8-13/h6,9-13,15H,3-5,7-8H2,1-2H3,(H,20,22,23)/b21-11+. The lowest BCUT2D eigenvalue weighted by Crippen LogP contribution is -2.55. The molecule has 0 saturated heterocycles. The summed E-state index contributed by atoms with van der Waals surface area (Å²) in [6.07, 6.45) is 8.87. The van der Waals surface area contributed by atoms with Gasteiger partial charge in [-0.1, -0.05) is 25.8 Å². The largest absolute Gasteiger partial charge is 0.340 e. The summed E-state index contributed by atoms with van der Waals surface area (Å²) < 4.78 is 0. The Hall–Kier alpha value is -2.48. The van der Waals surface area contributed by atoms with E-state index < -0.39 is 0 Å². The lowest BCUT2D eigenvalue weighted by molar-refractivity contribution is -0.120. The highest BCUT2D eigenvalue weighted by Gasteiger charge is 2.41. The highest BCUT2D eigenvalue weighted by molar-refractivity contribution is 7.11. The second-order valence-corrected chi connectivity index (χ2v) is 7.93. The average Bonchev–Trinajstić information content (AvgIpc) is 3.38. The fraction of sp³-hybridized carbons (Fsp3) is 0.474. The molecule has 2 aromatic heterocycles. The normalized spacial score (nSPS) is 20.5. The van der Waals surface area contributed by atoms with Gasteiger partial charge in [0.25, 0.3) is 0 Å². The minimum absolute atomic E-state index is 0.122. The molecule has 1 aliphatic heterocycles. The van der Waals surface area contributed by atoms with E-state index in [-0.39, 0.29) is 11.9 Å². The van der Waals surface area contributed by atoms with Gasteiger partial charge in [-0.15, -0.1) is 11.3 Å². The first-order valence-corrected chi connectivity index (χ1v) is 10.3. The Bertz CT molecular complexity index is 831. The molecule has 7 nitrogen and oxygen atoms in total. The number of rotatable bonds is 5. The van der Waals surface area contributed by atoms with Gasteiger partial charge in [-0.3, -0.25) is 4.79 Å². The molecule has 2 aliphatic rings. The summed E-state index contributed by atoms with van der Waals surface area (Å²) in [7, 11) is 1.81. The van der Waals surface area contributed by atoms with Crippen LogP contribution < -0.4 is 15.2 Å². The van der Waals surface area contributed by atoms with E-state index in [1.54, 1.807) is 35.7 Å². The molecule has 1 fully saturated rings. The van der Waals surface area contributed by atoms with Crippen molar-refractivity contribution < 1.29 is 4.79 Å². The number of carbonyl (C=O) groups is 1. The molecule has 4 rings (SSSR count). The number of thiophene rings is 1. The molecule has 0 spiro atoms. The number of aromatic nitrogens is 2. The fourth-order valence-corrected chi connectivity index (χ4v) is 4.54. The number of amides is 1. The highest BCUT2D eigenvalue weighted by atomic mass is 32.1. The lowest BCUT2D eigenvalue weighted by Gasteiger charge is -2.43. The third-order valence-electron chi connectivity index (χ3n) is 5.31. The maximum absolute atomic E-state index is 12.9. The van der Waals surface area contributed by atoms with Crippen LogP contribution in [-0.4, -0.2) is 41.2 Å². The summed E-state index contributed by atoms with van der Waals surface area (Å²) >= 11 is 1.62. The van der Waals surface area contributed by atoms with Crippen LogP contribution >= 0.6 is 11.3 Å².